The van der Waals surface area contributed by atoms with Crippen LogP contribution in [0.2, 0.25) is 0 Å². The molecule has 0 spiro atoms. The highest BCUT2D eigenvalue weighted by molar-refractivity contribution is 5.40. The van der Waals surface area contributed by atoms with Crippen LogP contribution < -0.4 is 14.9 Å². The molecule has 0 fully saturated rings. The van der Waals surface area contributed by atoms with Crippen LogP contribution in [0.3, 0.4) is 0 Å². The number of pyridine rings is 1. The van der Waals surface area contributed by atoms with E-state index in [4.69, 9.17) is 9.47 Å². The maximum atomic E-state index is 12.5. The summed E-state index contributed by atoms with van der Waals surface area (Å²) in [6.07, 6.45) is 9.53. The number of H-pyrrole nitrogens is 1. The van der Waals surface area contributed by atoms with Crippen LogP contribution in [0.5, 0.6) is 11.6 Å². The fraction of sp³-hybridized carbons (Fsp3) is 0.536. The van der Waals surface area contributed by atoms with E-state index in [-0.39, 0.29) is 17.1 Å². The van der Waals surface area contributed by atoms with E-state index >= 15 is 0 Å². The second kappa shape index (κ2) is 13.2. The van der Waals surface area contributed by atoms with Crippen LogP contribution in [0, 0.1) is 18.8 Å². The molecule has 0 aromatic carbocycles. The van der Waals surface area contributed by atoms with Gasteiger partial charge in [0.15, 0.2) is 0 Å². The second-order valence-electron chi connectivity index (χ2n) is 9.42. The summed E-state index contributed by atoms with van der Waals surface area (Å²) in [5, 5.41) is 10.6. The van der Waals surface area contributed by atoms with Gasteiger partial charge in [-0.2, -0.15) is 0 Å². The molecule has 33 heavy (non-hydrogen) atoms. The lowest BCUT2D eigenvalue weighted by molar-refractivity contribution is 0.172. The normalized spacial score (nSPS) is 15.6. The zero-order chi connectivity index (χ0) is 25.3. The van der Waals surface area contributed by atoms with E-state index in [9.17, 15) is 9.90 Å². The summed E-state index contributed by atoms with van der Waals surface area (Å²) in [6, 6.07) is 0. The van der Waals surface area contributed by atoms with Gasteiger partial charge in [-0.1, -0.05) is 61.8 Å². The van der Waals surface area contributed by atoms with Crippen molar-refractivity contribution in [1.29, 1.82) is 0 Å². The Kier molecular flexibility index (Phi) is 11.4. The average Bonchev–Trinajstić information content (AvgIpc) is 2.72. The van der Waals surface area contributed by atoms with Gasteiger partial charge < -0.3 is 19.6 Å². The summed E-state index contributed by atoms with van der Waals surface area (Å²) in [7, 11) is 2.98. The fourth-order valence-electron chi connectivity index (χ4n) is 4.05. The highest BCUT2D eigenvalue weighted by atomic mass is 16.5. The standard InChI is InChI=1S/C28H43NO4/c1-17(2)13-21(6)25(30)22(7)16-20(5)15-19(4)14-18(3)11-12-24-23(8)26(31)27(32-9)28(29-24)33-10/h11,13,15-17,22,25,30H,12,14H2,1-10H3,(H,29,31)/b18-11+,19-15+,20-16+,21-13+/t22-,25+/m1/s1. The molecule has 0 saturated heterocycles. The number of nitrogens with one attached hydrogen (secondary N) is 1. The molecule has 0 saturated carbocycles. The van der Waals surface area contributed by atoms with Gasteiger partial charge in [0, 0.05) is 23.6 Å². The van der Waals surface area contributed by atoms with Gasteiger partial charge in [-0.15, -0.1) is 0 Å². The lowest BCUT2D eigenvalue weighted by Crippen LogP contribution is -2.17. The molecule has 2 atom stereocenters. The van der Waals surface area contributed by atoms with Gasteiger partial charge in [-0.05, 0) is 52.5 Å². The van der Waals surface area contributed by atoms with E-state index in [1.54, 1.807) is 6.92 Å². The number of rotatable bonds is 11. The largest absolute Gasteiger partial charge is 0.488 e. The van der Waals surface area contributed by atoms with Gasteiger partial charge in [-0.25, -0.2) is 0 Å². The molecule has 184 valence electrons. The molecule has 1 heterocycles. The van der Waals surface area contributed by atoms with Gasteiger partial charge in [0.05, 0.1) is 20.3 Å². The lowest BCUT2D eigenvalue weighted by atomic mass is 9.93. The Morgan fingerprint density at radius 1 is 1.03 bits per heavy atom. The van der Waals surface area contributed by atoms with Crippen molar-refractivity contribution < 1.29 is 14.6 Å². The van der Waals surface area contributed by atoms with Crippen molar-refractivity contribution in [2.45, 2.75) is 74.3 Å². The lowest BCUT2D eigenvalue weighted by Gasteiger charge is -2.18. The van der Waals surface area contributed by atoms with Crippen LogP contribution in [-0.4, -0.2) is 30.4 Å². The van der Waals surface area contributed by atoms with Crippen molar-refractivity contribution in [2.75, 3.05) is 14.2 Å². The van der Waals surface area contributed by atoms with Crippen LogP contribution in [0.4, 0.5) is 0 Å². The highest BCUT2D eigenvalue weighted by Crippen LogP contribution is 2.23. The smallest absolute Gasteiger partial charge is 0.238 e. The topological polar surface area (TPSA) is 71.5 Å². The summed E-state index contributed by atoms with van der Waals surface area (Å²) in [5.74, 6) is 1.02. The van der Waals surface area contributed by atoms with Crippen LogP contribution in [0.1, 0.15) is 66.1 Å². The van der Waals surface area contributed by atoms with E-state index in [0.717, 1.165) is 23.3 Å². The summed E-state index contributed by atoms with van der Waals surface area (Å²) < 4.78 is 10.4. The number of methoxy groups -OCH3 is 2. The zero-order valence-electron chi connectivity index (χ0n) is 22.1. The fourth-order valence-corrected chi connectivity index (χ4v) is 4.05. The van der Waals surface area contributed by atoms with Crippen LogP contribution in [0.15, 0.2) is 51.4 Å². The number of aliphatic hydroxyl groups is 1. The number of ether oxygens (including phenoxy) is 2. The number of aromatic nitrogens is 1. The molecule has 2 N–H and O–H groups in total. The summed E-state index contributed by atoms with van der Waals surface area (Å²) in [6.45, 7) is 16.4. The molecule has 1 aromatic heterocycles. The van der Waals surface area contributed by atoms with Crippen molar-refractivity contribution >= 4 is 0 Å². The van der Waals surface area contributed by atoms with Gasteiger partial charge in [0.25, 0.3) is 0 Å². The van der Waals surface area contributed by atoms with Crippen molar-refractivity contribution in [2.24, 2.45) is 11.8 Å². The van der Waals surface area contributed by atoms with E-state index in [0.29, 0.717) is 23.8 Å². The average molecular weight is 458 g/mol. The predicted octanol–water partition coefficient (Wildman–Crippen LogP) is 6.07. The Bertz CT molecular complexity index is 976. The van der Waals surface area contributed by atoms with E-state index in [1.807, 2.05) is 13.8 Å². The predicted molar refractivity (Wildman–Crippen MR) is 138 cm³/mol. The molecule has 0 amide bonds. The first kappa shape index (κ1) is 28.5. The van der Waals surface area contributed by atoms with Gasteiger partial charge in [-0.3, -0.25) is 4.79 Å². The Morgan fingerprint density at radius 3 is 2.21 bits per heavy atom. The molecule has 0 bridgehead atoms. The van der Waals surface area contributed by atoms with Gasteiger partial charge >= 0.3 is 0 Å². The SMILES string of the molecule is COc1[nH]c(C/C=C(\C)C/C(C)=C/C(C)=C/[C@@H](C)[C@@H](O)/C(C)=C/C(C)C)c(C)c(=O)c1OC. The molecule has 5 heteroatoms. The minimum Gasteiger partial charge on any atom is -0.488 e. The first-order chi connectivity index (χ1) is 15.4. The number of hydrogen-bond donors (Lipinski definition) is 2. The van der Waals surface area contributed by atoms with Crippen LogP contribution >= 0.6 is 0 Å². The minimum absolute atomic E-state index is 0.0468. The van der Waals surface area contributed by atoms with Crippen molar-refractivity contribution in [3.63, 3.8) is 0 Å². The molecule has 0 radical (unpaired) electrons. The number of hydrogen-bond acceptors (Lipinski definition) is 4. The molecule has 0 aliphatic rings. The van der Waals surface area contributed by atoms with Gasteiger partial charge in [0.1, 0.15) is 0 Å². The number of aliphatic hydroxyl groups excluding tert-OH is 1. The minimum atomic E-state index is -0.468. The van der Waals surface area contributed by atoms with Crippen molar-refractivity contribution in [3.8, 4) is 11.6 Å². The third-order valence-corrected chi connectivity index (χ3v) is 5.65. The first-order valence-corrected chi connectivity index (χ1v) is 11.6. The zero-order valence-corrected chi connectivity index (χ0v) is 22.1. The molecule has 5 nitrogen and oxygen atoms in total. The third kappa shape index (κ3) is 8.73. The molecular formula is C28H43NO4. The van der Waals surface area contributed by atoms with Crippen LogP contribution in [0.25, 0.3) is 0 Å². The number of aromatic amines is 1. The maximum Gasteiger partial charge on any atom is 0.238 e. The second-order valence-corrected chi connectivity index (χ2v) is 9.42. The monoisotopic (exact) mass is 457 g/mol. The molecule has 0 unspecified atom stereocenters. The van der Waals surface area contributed by atoms with Crippen LogP contribution in [-0.2, 0) is 6.42 Å². The molecule has 1 aromatic rings. The molecule has 1 rings (SSSR count). The Balaban J connectivity index is 2.91. The summed E-state index contributed by atoms with van der Waals surface area (Å²) >= 11 is 0. The Labute approximate surface area is 199 Å². The van der Waals surface area contributed by atoms with Crippen molar-refractivity contribution in [3.05, 3.63) is 68.1 Å². The molecule has 0 aliphatic heterocycles. The maximum absolute atomic E-state index is 12.5. The summed E-state index contributed by atoms with van der Waals surface area (Å²) in [5.41, 5.74) is 5.93. The molecule has 0 aliphatic carbocycles. The Morgan fingerprint density at radius 2 is 1.67 bits per heavy atom. The van der Waals surface area contributed by atoms with E-state index in [2.05, 4.69) is 63.9 Å². The summed E-state index contributed by atoms with van der Waals surface area (Å²) in [4.78, 5) is 15.7. The van der Waals surface area contributed by atoms with E-state index in [1.165, 1.54) is 25.4 Å². The molecular weight excluding hydrogens is 414 g/mol. The third-order valence-electron chi connectivity index (χ3n) is 5.65. The van der Waals surface area contributed by atoms with Gasteiger partial charge in [0.2, 0.25) is 17.1 Å². The quantitative estimate of drug-likeness (QED) is 0.312. The number of allylic oxidation sites excluding steroid dienone is 6. The van der Waals surface area contributed by atoms with Crippen molar-refractivity contribution in [1.82, 2.24) is 4.98 Å². The highest BCUT2D eigenvalue weighted by Gasteiger charge is 2.15. The Hall–Kier alpha value is -2.53. The first-order valence-electron chi connectivity index (χ1n) is 11.6. The van der Waals surface area contributed by atoms with E-state index < -0.39 is 6.10 Å².